The van der Waals surface area contributed by atoms with E-state index in [1.807, 2.05) is 0 Å². The zero-order chi connectivity index (χ0) is 9.35. The van der Waals surface area contributed by atoms with E-state index < -0.39 is 24.7 Å². The van der Waals surface area contributed by atoms with Gasteiger partial charge >= 0.3 is 12.7 Å². The van der Waals surface area contributed by atoms with Crippen LogP contribution in [-0.2, 0) is 4.74 Å². The third kappa shape index (κ3) is 2.60. The van der Waals surface area contributed by atoms with E-state index in [2.05, 4.69) is 4.74 Å². The minimum Gasteiger partial charge on any atom is -0.334 e. The molecule has 0 heterocycles. The molecule has 0 aromatic carbocycles. The van der Waals surface area contributed by atoms with Crippen LogP contribution in [0.25, 0.3) is 0 Å². The lowest BCUT2D eigenvalue weighted by Crippen LogP contribution is -2.38. The monoisotopic (exact) mass is 188 g/mol. The Morgan fingerprint density at radius 2 is 1.83 bits per heavy atom. The van der Waals surface area contributed by atoms with Gasteiger partial charge in [0, 0.05) is 0 Å². The molecule has 1 saturated carbocycles. The van der Waals surface area contributed by atoms with E-state index in [4.69, 9.17) is 5.11 Å². The van der Waals surface area contributed by atoms with Crippen molar-refractivity contribution in [2.75, 3.05) is 0 Å². The second-order valence-corrected chi connectivity index (χ2v) is 2.74. The molecule has 0 spiro atoms. The van der Waals surface area contributed by atoms with Crippen molar-refractivity contribution in [3.05, 3.63) is 0 Å². The number of aliphatic hydroxyl groups is 1. The standard InChI is InChI=1S/C6H8F4O2/c7-5(8)12-4(3-1-2-3)6(9,10)11/h3-5,11H,1-2H2. The van der Waals surface area contributed by atoms with E-state index in [9.17, 15) is 17.6 Å². The first-order valence-electron chi connectivity index (χ1n) is 3.45. The molecule has 0 bridgehead atoms. The number of ether oxygens (including phenoxy) is 1. The zero-order valence-corrected chi connectivity index (χ0v) is 6.01. The van der Waals surface area contributed by atoms with Gasteiger partial charge in [-0.3, -0.25) is 0 Å². The smallest absolute Gasteiger partial charge is 0.334 e. The summed E-state index contributed by atoms with van der Waals surface area (Å²) in [5, 5.41) is 8.15. The zero-order valence-electron chi connectivity index (χ0n) is 6.01. The minimum atomic E-state index is -4.17. The lowest BCUT2D eigenvalue weighted by Gasteiger charge is -2.21. The Hall–Kier alpha value is -0.360. The van der Waals surface area contributed by atoms with Crippen molar-refractivity contribution < 1.29 is 27.4 Å². The van der Waals surface area contributed by atoms with Crippen LogP contribution in [0.5, 0.6) is 0 Å². The summed E-state index contributed by atoms with van der Waals surface area (Å²) in [5.74, 6) is -0.640. The Bertz CT molecular complexity index is 152. The van der Waals surface area contributed by atoms with E-state index in [-0.39, 0.29) is 0 Å². The normalized spacial score (nSPS) is 21.5. The number of alkyl halides is 4. The summed E-state index contributed by atoms with van der Waals surface area (Å²) < 4.78 is 50.9. The molecule has 1 N–H and O–H groups in total. The Morgan fingerprint density at radius 1 is 1.33 bits per heavy atom. The first-order valence-corrected chi connectivity index (χ1v) is 3.45. The molecule has 1 unspecified atom stereocenters. The van der Waals surface area contributed by atoms with Crippen LogP contribution in [0.2, 0.25) is 0 Å². The summed E-state index contributed by atoms with van der Waals surface area (Å²) in [6.07, 6.45) is -5.43. The fourth-order valence-electron chi connectivity index (χ4n) is 0.986. The second kappa shape index (κ2) is 3.18. The Kier molecular flexibility index (Phi) is 2.58. The molecule has 6 heteroatoms. The van der Waals surface area contributed by atoms with Crippen molar-refractivity contribution in [2.24, 2.45) is 5.92 Å². The third-order valence-electron chi connectivity index (χ3n) is 1.64. The summed E-state index contributed by atoms with van der Waals surface area (Å²) in [4.78, 5) is 0. The third-order valence-corrected chi connectivity index (χ3v) is 1.64. The fraction of sp³-hybridized carbons (Fsp3) is 1.00. The van der Waals surface area contributed by atoms with Crippen LogP contribution in [0.3, 0.4) is 0 Å². The van der Waals surface area contributed by atoms with Gasteiger partial charge in [0.05, 0.1) is 0 Å². The van der Waals surface area contributed by atoms with E-state index >= 15 is 0 Å². The van der Waals surface area contributed by atoms with Crippen LogP contribution in [0, 0.1) is 5.92 Å². The fourth-order valence-corrected chi connectivity index (χ4v) is 0.986. The van der Waals surface area contributed by atoms with Crippen molar-refractivity contribution in [2.45, 2.75) is 31.7 Å². The van der Waals surface area contributed by atoms with Gasteiger partial charge in [-0.2, -0.15) is 17.6 Å². The van der Waals surface area contributed by atoms with Gasteiger partial charge in [-0.05, 0) is 18.8 Å². The Morgan fingerprint density at radius 3 is 2.08 bits per heavy atom. The SMILES string of the molecule is OC(F)(F)C(OC(F)F)C1CC1. The van der Waals surface area contributed by atoms with Crippen LogP contribution in [-0.4, -0.2) is 23.9 Å². The van der Waals surface area contributed by atoms with Gasteiger partial charge in [-0.1, -0.05) is 0 Å². The summed E-state index contributed by atoms with van der Waals surface area (Å²) in [7, 11) is 0. The molecule has 0 saturated heterocycles. The van der Waals surface area contributed by atoms with E-state index in [0.29, 0.717) is 12.8 Å². The summed E-state index contributed by atoms with van der Waals surface area (Å²) in [6, 6.07) is 0. The molecular weight excluding hydrogens is 180 g/mol. The van der Waals surface area contributed by atoms with Gasteiger partial charge in [-0.15, -0.1) is 0 Å². The van der Waals surface area contributed by atoms with E-state index in [1.165, 1.54) is 0 Å². The van der Waals surface area contributed by atoms with Crippen LogP contribution in [0.1, 0.15) is 12.8 Å². The molecule has 0 aromatic rings. The lowest BCUT2D eigenvalue weighted by atomic mass is 10.2. The molecule has 0 amide bonds. The van der Waals surface area contributed by atoms with Crippen LogP contribution in [0.4, 0.5) is 17.6 Å². The summed E-state index contributed by atoms with van der Waals surface area (Å²) >= 11 is 0. The van der Waals surface area contributed by atoms with Gasteiger partial charge in [0.25, 0.3) is 0 Å². The molecule has 1 aliphatic carbocycles. The number of halogens is 4. The largest absolute Gasteiger partial charge is 0.379 e. The van der Waals surface area contributed by atoms with Gasteiger partial charge in [-0.25, -0.2) is 0 Å². The maximum Gasteiger partial charge on any atom is 0.379 e. The van der Waals surface area contributed by atoms with Gasteiger partial charge in [0.1, 0.15) is 0 Å². The van der Waals surface area contributed by atoms with Crippen LogP contribution in [0.15, 0.2) is 0 Å². The Balaban J connectivity index is 2.49. The average molecular weight is 188 g/mol. The van der Waals surface area contributed by atoms with Gasteiger partial charge < -0.3 is 9.84 Å². The highest BCUT2D eigenvalue weighted by Crippen LogP contribution is 2.40. The number of rotatable bonds is 4. The highest BCUT2D eigenvalue weighted by molar-refractivity contribution is 4.86. The molecule has 1 aliphatic rings. The Labute approximate surface area is 66.1 Å². The summed E-state index contributed by atoms with van der Waals surface area (Å²) in [5.41, 5.74) is 0. The highest BCUT2D eigenvalue weighted by atomic mass is 19.3. The predicted octanol–water partition coefficient (Wildman–Crippen LogP) is 1.59. The molecule has 0 aromatic heterocycles. The van der Waals surface area contributed by atoms with E-state index in [0.717, 1.165) is 0 Å². The minimum absolute atomic E-state index is 0.396. The second-order valence-electron chi connectivity index (χ2n) is 2.74. The van der Waals surface area contributed by atoms with Crippen molar-refractivity contribution in [1.82, 2.24) is 0 Å². The molecule has 1 rings (SSSR count). The maximum atomic E-state index is 12.1. The molecule has 72 valence electrons. The molecule has 0 aliphatic heterocycles. The van der Waals surface area contributed by atoms with Crippen molar-refractivity contribution in [3.63, 3.8) is 0 Å². The number of hydrogen-bond acceptors (Lipinski definition) is 2. The molecule has 12 heavy (non-hydrogen) atoms. The molecule has 2 nitrogen and oxygen atoms in total. The molecule has 1 atom stereocenters. The van der Waals surface area contributed by atoms with Gasteiger partial charge in [0.2, 0.25) is 0 Å². The highest BCUT2D eigenvalue weighted by Gasteiger charge is 2.49. The lowest BCUT2D eigenvalue weighted by molar-refractivity contribution is -0.312. The summed E-state index contributed by atoms with van der Waals surface area (Å²) in [6.45, 7) is -3.27. The van der Waals surface area contributed by atoms with Crippen molar-refractivity contribution in [1.29, 1.82) is 0 Å². The molecule has 1 fully saturated rings. The average Bonchev–Trinajstić information content (AvgIpc) is 2.60. The topological polar surface area (TPSA) is 29.5 Å². The quantitative estimate of drug-likeness (QED) is 0.679. The van der Waals surface area contributed by atoms with E-state index in [1.54, 1.807) is 0 Å². The van der Waals surface area contributed by atoms with Gasteiger partial charge in [0.15, 0.2) is 6.10 Å². The van der Waals surface area contributed by atoms with Crippen molar-refractivity contribution in [3.8, 4) is 0 Å². The van der Waals surface area contributed by atoms with Crippen molar-refractivity contribution >= 4 is 0 Å². The first-order chi connectivity index (χ1) is 5.41. The van der Waals surface area contributed by atoms with Crippen LogP contribution < -0.4 is 0 Å². The maximum absolute atomic E-state index is 12.1. The first kappa shape index (κ1) is 9.73. The molecule has 0 radical (unpaired) electrons. The van der Waals surface area contributed by atoms with Crippen LogP contribution >= 0.6 is 0 Å². The number of hydrogen-bond donors (Lipinski definition) is 1. The molecular formula is C6H8F4O2. The predicted molar refractivity (Wildman–Crippen MR) is 30.8 cm³/mol.